The van der Waals surface area contributed by atoms with E-state index in [-0.39, 0.29) is 0 Å². The van der Waals surface area contributed by atoms with Crippen molar-refractivity contribution in [1.82, 2.24) is 5.32 Å². The third kappa shape index (κ3) is 5.48. The van der Waals surface area contributed by atoms with E-state index in [0.29, 0.717) is 12.6 Å². The Morgan fingerprint density at radius 1 is 1.21 bits per heavy atom. The van der Waals surface area contributed by atoms with Crippen LogP contribution in [0.1, 0.15) is 44.4 Å². The molecular formula is C17H27NO. The lowest BCUT2D eigenvalue weighted by atomic mass is 10.1. The van der Waals surface area contributed by atoms with Crippen molar-refractivity contribution in [2.75, 3.05) is 6.61 Å². The van der Waals surface area contributed by atoms with Gasteiger partial charge in [0.2, 0.25) is 0 Å². The Kier molecular flexibility index (Phi) is 6.10. The SMILES string of the molecule is CC(C)=CCOc1c(C)cc(CNC(C)C)cc1C. The second-order valence-electron chi connectivity index (χ2n) is 5.69. The van der Waals surface area contributed by atoms with Gasteiger partial charge in [-0.1, -0.05) is 31.6 Å². The fraction of sp³-hybridized carbons (Fsp3) is 0.529. The van der Waals surface area contributed by atoms with Crippen LogP contribution >= 0.6 is 0 Å². The molecule has 0 atom stereocenters. The smallest absolute Gasteiger partial charge is 0.125 e. The largest absolute Gasteiger partial charge is 0.489 e. The standard InChI is InChI=1S/C17H27NO/c1-12(2)7-8-19-17-14(5)9-16(10-15(17)6)11-18-13(3)4/h7,9-10,13,18H,8,11H2,1-6H3. The monoisotopic (exact) mass is 261 g/mol. The molecule has 1 aromatic rings. The predicted molar refractivity (Wildman–Crippen MR) is 82.8 cm³/mol. The number of rotatable bonds is 6. The van der Waals surface area contributed by atoms with Gasteiger partial charge in [0.25, 0.3) is 0 Å². The molecule has 1 rings (SSSR count). The van der Waals surface area contributed by atoms with Crippen molar-refractivity contribution in [3.8, 4) is 5.75 Å². The van der Waals surface area contributed by atoms with Crippen molar-refractivity contribution < 1.29 is 4.74 Å². The summed E-state index contributed by atoms with van der Waals surface area (Å²) in [5.41, 5.74) is 5.02. The van der Waals surface area contributed by atoms with E-state index >= 15 is 0 Å². The summed E-state index contributed by atoms with van der Waals surface area (Å²) < 4.78 is 5.86. The van der Waals surface area contributed by atoms with E-state index in [2.05, 4.69) is 65.1 Å². The molecule has 106 valence electrons. The number of hydrogen-bond donors (Lipinski definition) is 1. The number of hydrogen-bond acceptors (Lipinski definition) is 2. The van der Waals surface area contributed by atoms with Crippen LogP contribution in [-0.4, -0.2) is 12.6 Å². The molecule has 0 radical (unpaired) electrons. The van der Waals surface area contributed by atoms with Gasteiger partial charge >= 0.3 is 0 Å². The molecule has 1 aromatic carbocycles. The summed E-state index contributed by atoms with van der Waals surface area (Å²) >= 11 is 0. The van der Waals surface area contributed by atoms with Gasteiger partial charge in [0.05, 0.1) is 0 Å². The van der Waals surface area contributed by atoms with E-state index in [1.54, 1.807) is 0 Å². The lowest BCUT2D eigenvalue weighted by Gasteiger charge is -2.14. The molecule has 2 nitrogen and oxygen atoms in total. The number of aryl methyl sites for hydroxylation is 2. The molecule has 0 unspecified atom stereocenters. The third-order valence-electron chi connectivity index (χ3n) is 2.95. The molecule has 0 fully saturated rings. The fourth-order valence-electron chi connectivity index (χ4n) is 1.98. The Balaban J connectivity index is 2.76. The molecule has 0 saturated heterocycles. The summed E-state index contributed by atoms with van der Waals surface area (Å²) in [7, 11) is 0. The van der Waals surface area contributed by atoms with E-state index in [1.807, 2.05) is 0 Å². The second kappa shape index (κ2) is 7.34. The highest BCUT2D eigenvalue weighted by Gasteiger charge is 2.06. The van der Waals surface area contributed by atoms with Crippen LogP contribution in [0.25, 0.3) is 0 Å². The molecule has 0 aromatic heterocycles. The van der Waals surface area contributed by atoms with Crippen molar-refractivity contribution in [1.29, 1.82) is 0 Å². The first kappa shape index (κ1) is 15.8. The molecule has 0 heterocycles. The number of allylic oxidation sites excluding steroid dienone is 1. The van der Waals surface area contributed by atoms with E-state index in [4.69, 9.17) is 4.74 Å². The minimum absolute atomic E-state index is 0.509. The fourth-order valence-corrected chi connectivity index (χ4v) is 1.98. The molecule has 19 heavy (non-hydrogen) atoms. The molecule has 2 heteroatoms. The molecule has 0 bridgehead atoms. The third-order valence-corrected chi connectivity index (χ3v) is 2.95. The van der Waals surface area contributed by atoms with Gasteiger partial charge in [-0.3, -0.25) is 0 Å². The van der Waals surface area contributed by atoms with Gasteiger partial charge < -0.3 is 10.1 Å². The first-order chi connectivity index (χ1) is 8.90. The van der Waals surface area contributed by atoms with Gasteiger partial charge in [-0.25, -0.2) is 0 Å². The Morgan fingerprint density at radius 2 is 1.79 bits per heavy atom. The van der Waals surface area contributed by atoms with Crippen molar-refractivity contribution in [2.24, 2.45) is 0 Å². The highest BCUT2D eigenvalue weighted by atomic mass is 16.5. The molecular weight excluding hydrogens is 234 g/mol. The lowest BCUT2D eigenvalue weighted by molar-refractivity contribution is 0.356. The number of ether oxygens (including phenoxy) is 1. The van der Waals surface area contributed by atoms with E-state index < -0.39 is 0 Å². The maximum absolute atomic E-state index is 5.86. The summed E-state index contributed by atoms with van der Waals surface area (Å²) in [5.74, 6) is 1.02. The van der Waals surface area contributed by atoms with Gasteiger partial charge in [-0.15, -0.1) is 0 Å². The Labute approximate surface area is 117 Å². The van der Waals surface area contributed by atoms with Crippen LogP contribution in [0.4, 0.5) is 0 Å². The normalized spacial score (nSPS) is 10.7. The number of nitrogens with one attached hydrogen (secondary N) is 1. The van der Waals surface area contributed by atoms with Crippen LogP contribution in [0, 0.1) is 13.8 Å². The first-order valence-electron chi connectivity index (χ1n) is 6.99. The highest BCUT2D eigenvalue weighted by molar-refractivity contribution is 5.43. The van der Waals surface area contributed by atoms with Gasteiger partial charge in [0.15, 0.2) is 0 Å². The van der Waals surface area contributed by atoms with Crippen LogP contribution in [0.2, 0.25) is 0 Å². The van der Waals surface area contributed by atoms with Crippen LogP contribution < -0.4 is 10.1 Å². The van der Waals surface area contributed by atoms with Gasteiger partial charge in [-0.05, 0) is 50.5 Å². The Morgan fingerprint density at radius 3 is 2.26 bits per heavy atom. The molecule has 1 N–H and O–H groups in total. The van der Waals surface area contributed by atoms with Gasteiger partial charge in [0.1, 0.15) is 12.4 Å². The second-order valence-corrected chi connectivity index (χ2v) is 5.69. The molecule has 0 aliphatic carbocycles. The van der Waals surface area contributed by atoms with Crippen molar-refractivity contribution in [2.45, 2.75) is 54.1 Å². The van der Waals surface area contributed by atoms with Crippen molar-refractivity contribution in [3.05, 3.63) is 40.5 Å². The topological polar surface area (TPSA) is 21.3 Å². The minimum Gasteiger partial charge on any atom is -0.489 e. The van der Waals surface area contributed by atoms with E-state index in [1.165, 1.54) is 22.3 Å². The maximum atomic E-state index is 5.86. The summed E-state index contributed by atoms with van der Waals surface area (Å²) in [6.45, 7) is 14.3. The van der Waals surface area contributed by atoms with Crippen LogP contribution in [0.3, 0.4) is 0 Å². The molecule has 0 saturated carbocycles. The summed E-state index contributed by atoms with van der Waals surface area (Å²) in [5, 5.41) is 3.44. The average Bonchev–Trinajstić information content (AvgIpc) is 2.29. The first-order valence-corrected chi connectivity index (χ1v) is 6.99. The zero-order chi connectivity index (χ0) is 14.4. The van der Waals surface area contributed by atoms with Gasteiger partial charge in [0, 0.05) is 12.6 Å². The minimum atomic E-state index is 0.509. The van der Waals surface area contributed by atoms with Crippen molar-refractivity contribution in [3.63, 3.8) is 0 Å². The highest BCUT2D eigenvalue weighted by Crippen LogP contribution is 2.25. The van der Waals surface area contributed by atoms with Crippen LogP contribution in [0.15, 0.2) is 23.8 Å². The van der Waals surface area contributed by atoms with Crippen LogP contribution in [0.5, 0.6) is 5.75 Å². The molecule has 0 aliphatic rings. The number of benzene rings is 1. The average molecular weight is 261 g/mol. The lowest BCUT2D eigenvalue weighted by Crippen LogP contribution is -2.21. The van der Waals surface area contributed by atoms with E-state index in [9.17, 15) is 0 Å². The zero-order valence-electron chi connectivity index (χ0n) is 13.1. The quantitative estimate of drug-likeness (QED) is 0.777. The molecule has 0 amide bonds. The van der Waals surface area contributed by atoms with Crippen molar-refractivity contribution >= 4 is 0 Å². The predicted octanol–water partition coefficient (Wildman–Crippen LogP) is 4.15. The Bertz CT molecular complexity index is 420. The zero-order valence-corrected chi connectivity index (χ0v) is 13.1. The summed E-state index contributed by atoms with van der Waals surface area (Å²) in [4.78, 5) is 0. The maximum Gasteiger partial charge on any atom is 0.125 e. The van der Waals surface area contributed by atoms with E-state index in [0.717, 1.165) is 12.3 Å². The van der Waals surface area contributed by atoms with Crippen LogP contribution in [-0.2, 0) is 6.54 Å². The Hall–Kier alpha value is -1.28. The molecule has 0 aliphatic heterocycles. The summed E-state index contributed by atoms with van der Waals surface area (Å²) in [6, 6.07) is 4.93. The molecule has 0 spiro atoms. The van der Waals surface area contributed by atoms with Gasteiger partial charge in [-0.2, -0.15) is 0 Å². The summed E-state index contributed by atoms with van der Waals surface area (Å²) in [6.07, 6.45) is 2.10.